The molecule has 3 amide bonds. The molecule has 0 saturated carbocycles. The van der Waals surface area contributed by atoms with Crippen LogP contribution in [0.25, 0.3) is 0 Å². The Labute approximate surface area is 103 Å². The Kier molecular flexibility index (Phi) is 8.35. The van der Waals surface area contributed by atoms with E-state index in [0.29, 0.717) is 0 Å². The van der Waals surface area contributed by atoms with Crippen molar-refractivity contribution in [1.29, 1.82) is 0 Å². The van der Waals surface area contributed by atoms with Gasteiger partial charge in [0.1, 0.15) is 0 Å². The summed E-state index contributed by atoms with van der Waals surface area (Å²) in [5.41, 5.74) is 0. The molecule has 0 radical (unpaired) electrons. The van der Waals surface area contributed by atoms with Crippen molar-refractivity contribution >= 4 is 11.9 Å². The smallest absolute Gasteiger partial charge is 0.321 e. The highest BCUT2D eigenvalue weighted by molar-refractivity contribution is 5.96. The monoisotopic (exact) mass is 244 g/mol. The van der Waals surface area contributed by atoms with E-state index >= 15 is 0 Å². The predicted molar refractivity (Wildman–Crippen MR) is 67.9 cm³/mol. The Hall–Kier alpha value is -1.14. The highest BCUT2D eigenvalue weighted by Crippen LogP contribution is 1.86. The quantitative estimate of drug-likeness (QED) is 0.578. The molecule has 0 aliphatic heterocycles. The molecule has 0 aromatic rings. The van der Waals surface area contributed by atoms with Crippen LogP contribution in [0.1, 0.15) is 20.8 Å². The van der Waals surface area contributed by atoms with E-state index < -0.39 is 6.03 Å². The number of hydrogen-bond donors (Lipinski definition) is 3. The summed E-state index contributed by atoms with van der Waals surface area (Å²) in [6.07, 6.45) is 0. The number of nitrogens with one attached hydrogen (secondary N) is 3. The van der Waals surface area contributed by atoms with Crippen LogP contribution in [0.4, 0.5) is 4.79 Å². The van der Waals surface area contributed by atoms with Crippen LogP contribution in [0, 0.1) is 0 Å². The van der Waals surface area contributed by atoms with Gasteiger partial charge in [-0.05, 0) is 20.0 Å². The first-order valence-corrected chi connectivity index (χ1v) is 6.03. The van der Waals surface area contributed by atoms with Crippen molar-refractivity contribution in [3.8, 4) is 0 Å². The van der Waals surface area contributed by atoms with Crippen LogP contribution in [-0.4, -0.2) is 56.1 Å². The number of carbonyl (C=O) groups is 2. The third-order valence-electron chi connectivity index (χ3n) is 2.63. The molecule has 0 aromatic heterocycles. The fourth-order valence-electron chi connectivity index (χ4n) is 1.35. The van der Waals surface area contributed by atoms with Crippen molar-refractivity contribution in [1.82, 2.24) is 20.9 Å². The van der Waals surface area contributed by atoms with Crippen LogP contribution in [0.5, 0.6) is 0 Å². The fraction of sp³-hybridized carbons (Fsp3) is 0.818. The molecular formula is C11H24N4O2. The topological polar surface area (TPSA) is 73.5 Å². The van der Waals surface area contributed by atoms with Crippen molar-refractivity contribution in [2.24, 2.45) is 0 Å². The van der Waals surface area contributed by atoms with E-state index in [1.807, 2.05) is 0 Å². The van der Waals surface area contributed by atoms with Crippen molar-refractivity contribution in [3.63, 3.8) is 0 Å². The summed E-state index contributed by atoms with van der Waals surface area (Å²) in [6.45, 7) is 9.56. The number of rotatable bonds is 7. The highest BCUT2D eigenvalue weighted by atomic mass is 16.2. The summed E-state index contributed by atoms with van der Waals surface area (Å²) in [5.74, 6) is -0.316. The molecular weight excluding hydrogens is 220 g/mol. The molecule has 0 spiro atoms. The number of nitrogens with zero attached hydrogens (tertiary/aromatic N) is 1. The number of urea groups is 1. The van der Waals surface area contributed by atoms with Gasteiger partial charge in [0.05, 0.1) is 6.04 Å². The van der Waals surface area contributed by atoms with Gasteiger partial charge < -0.3 is 15.5 Å². The van der Waals surface area contributed by atoms with Gasteiger partial charge in [-0.3, -0.25) is 10.1 Å². The zero-order valence-electron chi connectivity index (χ0n) is 11.2. The van der Waals surface area contributed by atoms with Crippen LogP contribution in [-0.2, 0) is 4.79 Å². The Morgan fingerprint density at radius 3 is 2.29 bits per heavy atom. The molecule has 0 fully saturated rings. The maximum absolute atomic E-state index is 11.5. The lowest BCUT2D eigenvalue weighted by Crippen LogP contribution is -2.48. The fourth-order valence-corrected chi connectivity index (χ4v) is 1.35. The highest BCUT2D eigenvalue weighted by Gasteiger charge is 2.14. The number of amides is 3. The molecule has 1 unspecified atom stereocenters. The van der Waals surface area contributed by atoms with E-state index in [1.54, 1.807) is 6.92 Å². The molecule has 17 heavy (non-hydrogen) atoms. The van der Waals surface area contributed by atoms with Crippen molar-refractivity contribution in [2.45, 2.75) is 26.8 Å². The predicted octanol–water partition coefficient (Wildman–Crippen LogP) is -0.238. The third-order valence-corrected chi connectivity index (χ3v) is 2.63. The van der Waals surface area contributed by atoms with Gasteiger partial charge in [0.25, 0.3) is 0 Å². The Morgan fingerprint density at radius 1 is 1.24 bits per heavy atom. The van der Waals surface area contributed by atoms with E-state index in [0.717, 1.165) is 26.2 Å². The minimum atomic E-state index is -0.479. The van der Waals surface area contributed by atoms with Gasteiger partial charge in [-0.25, -0.2) is 4.79 Å². The van der Waals surface area contributed by atoms with E-state index in [-0.39, 0.29) is 11.9 Å². The minimum absolute atomic E-state index is 0.316. The van der Waals surface area contributed by atoms with Gasteiger partial charge in [0, 0.05) is 20.1 Å². The Morgan fingerprint density at radius 2 is 1.82 bits per heavy atom. The number of carbonyl (C=O) groups excluding carboxylic acids is 2. The number of hydrogen-bond acceptors (Lipinski definition) is 4. The van der Waals surface area contributed by atoms with Gasteiger partial charge in [0.15, 0.2) is 0 Å². The van der Waals surface area contributed by atoms with Gasteiger partial charge >= 0.3 is 6.03 Å². The molecule has 0 aliphatic carbocycles. The second-order valence-electron chi connectivity index (χ2n) is 3.77. The lowest BCUT2D eigenvalue weighted by Gasteiger charge is -2.19. The van der Waals surface area contributed by atoms with E-state index in [9.17, 15) is 9.59 Å². The van der Waals surface area contributed by atoms with Crippen LogP contribution in [0.2, 0.25) is 0 Å². The summed E-state index contributed by atoms with van der Waals surface area (Å²) in [4.78, 5) is 24.7. The molecule has 100 valence electrons. The third kappa shape index (κ3) is 6.91. The summed E-state index contributed by atoms with van der Waals surface area (Å²) in [5, 5.41) is 7.64. The Balaban J connectivity index is 3.81. The number of imide groups is 1. The Bertz CT molecular complexity index is 242. The van der Waals surface area contributed by atoms with Crippen LogP contribution >= 0.6 is 0 Å². The summed E-state index contributed by atoms with van der Waals surface area (Å²) in [7, 11) is 1.47. The van der Waals surface area contributed by atoms with Crippen LogP contribution < -0.4 is 16.0 Å². The van der Waals surface area contributed by atoms with Gasteiger partial charge in [-0.1, -0.05) is 13.8 Å². The van der Waals surface area contributed by atoms with Crippen molar-refractivity contribution < 1.29 is 9.59 Å². The number of likely N-dealkylation sites (N-methyl/N-ethyl adjacent to an activating group) is 1. The van der Waals surface area contributed by atoms with Crippen molar-refractivity contribution in [3.05, 3.63) is 0 Å². The molecule has 0 heterocycles. The van der Waals surface area contributed by atoms with E-state index in [1.165, 1.54) is 7.05 Å². The maximum atomic E-state index is 11.5. The maximum Gasteiger partial charge on any atom is 0.321 e. The van der Waals surface area contributed by atoms with E-state index in [2.05, 4.69) is 34.7 Å². The summed E-state index contributed by atoms with van der Waals surface area (Å²) >= 11 is 0. The molecule has 0 aliphatic rings. The summed E-state index contributed by atoms with van der Waals surface area (Å²) < 4.78 is 0. The standard InChI is InChI=1S/C11H24N4O2/c1-5-15(6-2)8-7-13-9(3)10(16)14-11(17)12-4/h9,13H,5-8H2,1-4H3,(H2,12,14,16,17). The van der Waals surface area contributed by atoms with Crippen LogP contribution in [0.15, 0.2) is 0 Å². The molecule has 6 nitrogen and oxygen atoms in total. The second kappa shape index (κ2) is 8.95. The largest absolute Gasteiger partial charge is 0.341 e. The molecule has 3 N–H and O–H groups in total. The first-order chi connectivity index (χ1) is 8.04. The molecule has 0 aromatic carbocycles. The lowest BCUT2D eigenvalue weighted by molar-refractivity contribution is -0.121. The summed E-state index contributed by atoms with van der Waals surface area (Å²) in [6, 6.07) is -0.852. The lowest BCUT2D eigenvalue weighted by atomic mass is 10.3. The molecule has 1 atom stereocenters. The molecule has 6 heteroatoms. The van der Waals surface area contributed by atoms with Crippen LogP contribution in [0.3, 0.4) is 0 Å². The first kappa shape index (κ1) is 15.9. The van der Waals surface area contributed by atoms with Gasteiger partial charge in [-0.2, -0.15) is 0 Å². The average molecular weight is 244 g/mol. The molecule has 0 saturated heterocycles. The van der Waals surface area contributed by atoms with E-state index in [4.69, 9.17) is 0 Å². The minimum Gasteiger partial charge on any atom is -0.341 e. The zero-order valence-corrected chi connectivity index (χ0v) is 11.2. The molecule has 0 rings (SSSR count). The normalized spacial score (nSPS) is 12.3. The average Bonchev–Trinajstić information content (AvgIpc) is 2.34. The second-order valence-corrected chi connectivity index (χ2v) is 3.77. The SMILES string of the molecule is CCN(CC)CCNC(C)C(=O)NC(=O)NC. The molecule has 0 bridgehead atoms. The first-order valence-electron chi connectivity index (χ1n) is 6.03. The van der Waals surface area contributed by atoms with Crippen molar-refractivity contribution in [2.75, 3.05) is 33.2 Å². The zero-order chi connectivity index (χ0) is 13.3. The van der Waals surface area contributed by atoms with Gasteiger partial charge in [0.2, 0.25) is 5.91 Å². The van der Waals surface area contributed by atoms with Gasteiger partial charge in [-0.15, -0.1) is 0 Å².